The molecule has 0 radical (unpaired) electrons. The molecule has 0 saturated heterocycles. The van der Waals surface area contributed by atoms with Crippen LogP contribution in [0.2, 0.25) is 0 Å². The minimum Gasteiger partial charge on any atom is -1.00 e. The topological polar surface area (TPSA) is 110 Å². The Morgan fingerprint density at radius 3 is 2.00 bits per heavy atom. The summed E-state index contributed by atoms with van der Waals surface area (Å²) >= 11 is 0. The van der Waals surface area contributed by atoms with Crippen molar-refractivity contribution in [2.24, 2.45) is 0 Å². The molecule has 15 heavy (non-hydrogen) atoms. The fourth-order valence-corrected chi connectivity index (χ4v) is 1.36. The number of nitriles is 2. The van der Waals surface area contributed by atoms with Gasteiger partial charge in [-0.2, -0.15) is 10.5 Å². The molecular formula is C6H5Li2N4O2S-. The van der Waals surface area contributed by atoms with Crippen LogP contribution in [0.5, 0.6) is 0 Å². The van der Waals surface area contributed by atoms with Gasteiger partial charge in [-0.05, 0) is 0 Å². The van der Waals surface area contributed by atoms with Gasteiger partial charge in [0.05, 0.1) is 12.1 Å². The molecular weight excluding hydrogens is 206 g/mol. The fourth-order valence-electron chi connectivity index (χ4n) is 0.493. The predicted molar refractivity (Wildman–Crippen MR) is 44.3 cm³/mol. The van der Waals surface area contributed by atoms with Gasteiger partial charge < -0.3 is 13.1 Å². The molecule has 1 atom stereocenters. The molecule has 1 N–H and O–H groups in total. The van der Waals surface area contributed by atoms with Crippen molar-refractivity contribution in [1.82, 2.24) is 0 Å². The second kappa shape index (κ2) is 8.58. The molecule has 0 heterocycles. The van der Waals surface area contributed by atoms with Crippen LogP contribution in [0.1, 0.15) is 2.85 Å². The average Bonchev–Trinajstić information content (AvgIpc) is 2.07. The molecule has 0 aliphatic carbocycles. The van der Waals surface area contributed by atoms with Gasteiger partial charge in [0.2, 0.25) is 20.5 Å². The van der Waals surface area contributed by atoms with Crippen LogP contribution in [0.4, 0.5) is 0 Å². The molecule has 0 aliphatic rings. The number of hydrogen-bond acceptors (Lipinski definition) is 5. The molecule has 0 rings (SSSR count). The van der Waals surface area contributed by atoms with Crippen LogP contribution >= 0.6 is 0 Å². The van der Waals surface area contributed by atoms with Gasteiger partial charge in [-0.1, -0.05) is 0 Å². The summed E-state index contributed by atoms with van der Waals surface area (Å²) in [7, 11) is -4.24. The maximum absolute atomic E-state index is 11.1. The van der Waals surface area contributed by atoms with E-state index in [1.165, 1.54) is 18.4 Å². The first kappa shape index (κ1) is 19.8. The van der Waals surface area contributed by atoms with E-state index in [2.05, 4.69) is 4.85 Å². The van der Waals surface area contributed by atoms with Crippen molar-refractivity contribution in [2.45, 2.75) is 10.6 Å². The molecule has 0 saturated carbocycles. The molecule has 0 bridgehead atoms. The largest absolute Gasteiger partial charge is 1.00 e. The number of rotatable bonds is 3. The standard InChI is InChI=1S/C6H3N4O2S.2Li.2H/c1-10-6(4-9)13(11,12)5(2-7)3-8;;;;/h5-6,9H;;;;/q-1;2*+1;2*-1. The van der Waals surface area contributed by atoms with Gasteiger partial charge >= 0.3 is 37.7 Å². The molecule has 0 aromatic rings. The Hall–Kier alpha value is -0.715. The average molecular weight is 211 g/mol. The van der Waals surface area contributed by atoms with Gasteiger partial charge in [0.15, 0.2) is 0 Å². The molecule has 0 spiro atoms. The van der Waals surface area contributed by atoms with Gasteiger partial charge in [0.25, 0.3) is 0 Å². The monoisotopic (exact) mass is 211 g/mol. The van der Waals surface area contributed by atoms with E-state index in [1.54, 1.807) is 0 Å². The van der Waals surface area contributed by atoms with E-state index in [9.17, 15) is 8.42 Å². The third-order valence-electron chi connectivity index (χ3n) is 1.11. The van der Waals surface area contributed by atoms with Crippen molar-refractivity contribution in [2.75, 3.05) is 0 Å². The Morgan fingerprint density at radius 1 is 1.40 bits per heavy atom. The van der Waals surface area contributed by atoms with Gasteiger partial charge in [-0.15, -0.1) is 0 Å². The van der Waals surface area contributed by atoms with E-state index < -0.39 is 20.5 Å². The number of sulfone groups is 1. The van der Waals surface area contributed by atoms with Gasteiger partial charge in [-0.25, -0.2) is 15.0 Å². The Balaban J connectivity index is -0.000000120. The van der Waals surface area contributed by atoms with E-state index in [0.29, 0.717) is 0 Å². The SMILES string of the molecule is [C-]#[N+]C([C-]=N)S(=O)(=O)C(C#N)C#N.[H-].[H-].[Li+].[Li+]. The number of hydrogen-bond donors (Lipinski definition) is 1. The van der Waals surface area contributed by atoms with Crippen molar-refractivity contribution in [3.63, 3.8) is 0 Å². The van der Waals surface area contributed by atoms with Crippen molar-refractivity contribution in [3.8, 4) is 12.1 Å². The Labute approximate surface area is 115 Å². The molecule has 70 valence electrons. The molecule has 0 amide bonds. The quantitative estimate of drug-likeness (QED) is 0.284. The molecule has 0 fully saturated rings. The van der Waals surface area contributed by atoms with Crippen LogP contribution in [0, 0.1) is 34.6 Å². The second-order valence-electron chi connectivity index (χ2n) is 1.85. The minimum absolute atomic E-state index is 0. The van der Waals surface area contributed by atoms with Crippen LogP contribution in [-0.4, -0.2) is 25.3 Å². The van der Waals surface area contributed by atoms with Crippen molar-refractivity contribution >= 4 is 16.1 Å². The maximum Gasteiger partial charge on any atom is 1.00 e. The molecule has 9 heteroatoms. The van der Waals surface area contributed by atoms with E-state index in [4.69, 9.17) is 22.5 Å². The van der Waals surface area contributed by atoms with Crippen LogP contribution < -0.4 is 37.7 Å². The van der Waals surface area contributed by atoms with E-state index in [0.717, 1.165) is 0 Å². The minimum atomic E-state index is -4.24. The first-order valence-corrected chi connectivity index (χ1v) is 4.46. The molecule has 1 unspecified atom stereocenters. The Kier molecular flexibility index (Phi) is 11.3. The first-order valence-electron chi connectivity index (χ1n) is 2.85. The molecule has 0 aromatic carbocycles. The zero-order valence-electron chi connectivity index (χ0n) is 10.2. The smallest absolute Gasteiger partial charge is 1.00 e. The van der Waals surface area contributed by atoms with Crippen LogP contribution in [0.15, 0.2) is 0 Å². The summed E-state index contributed by atoms with van der Waals surface area (Å²) in [5, 5.41) is 19.2. The van der Waals surface area contributed by atoms with Gasteiger partial charge in [-0.3, -0.25) is 6.21 Å². The van der Waals surface area contributed by atoms with Crippen molar-refractivity contribution < 1.29 is 49.0 Å². The van der Waals surface area contributed by atoms with Gasteiger partial charge in [0.1, 0.15) is 0 Å². The summed E-state index contributed by atoms with van der Waals surface area (Å²) in [6, 6.07) is 2.45. The second-order valence-corrected chi connectivity index (χ2v) is 3.95. The molecule has 0 aromatic heterocycles. The van der Waals surface area contributed by atoms with Crippen molar-refractivity contribution in [1.29, 1.82) is 15.9 Å². The zero-order valence-corrected chi connectivity index (χ0v) is 9.04. The summed E-state index contributed by atoms with van der Waals surface area (Å²) < 4.78 is 22.2. The van der Waals surface area contributed by atoms with E-state index in [-0.39, 0.29) is 40.6 Å². The number of nitrogens with zero attached hydrogens (tertiary/aromatic N) is 3. The first-order chi connectivity index (χ1) is 6.04. The van der Waals surface area contributed by atoms with E-state index >= 15 is 0 Å². The molecule has 0 aliphatic heterocycles. The van der Waals surface area contributed by atoms with Crippen molar-refractivity contribution in [3.05, 3.63) is 11.4 Å². The summed E-state index contributed by atoms with van der Waals surface area (Å²) in [6.45, 7) is 6.40. The van der Waals surface area contributed by atoms with Crippen LogP contribution in [-0.2, 0) is 9.84 Å². The fraction of sp³-hybridized carbons (Fsp3) is 0.333. The van der Waals surface area contributed by atoms with Crippen LogP contribution in [0.3, 0.4) is 0 Å². The van der Waals surface area contributed by atoms with Crippen LogP contribution in [0.25, 0.3) is 4.85 Å². The summed E-state index contributed by atoms with van der Waals surface area (Å²) in [6.07, 6.45) is 1.45. The molecule has 6 nitrogen and oxygen atoms in total. The maximum atomic E-state index is 11.1. The Morgan fingerprint density at radius 2 is 1.80 bits per heavy atom. The summed E-state index contributed by atoms with van der Waals surface area (Å²) in [5.74, 6) is 0. The normalized spacial score (nSPS) is 10.5. The van der Waals surface area contributed by atoms with E-state index in [1.807, 2.05) is 0 Å². The van der Waals surface area contributed by atoms with Gasteiger partial charge in [0, 0.05) is 0 Å². The summed E-state index contributed by atoms with van der Waals surface area (Å²) in [5.41, 5.74) is 0. The summed E-state index contributed by atoms with van der Waals surface area (Å²) in [4.78, 5) is 2.56. The Bertz CT molecular complexity index is 422. The third kappa shape index (κ3) is 4.55. The predicted octanol–water partition coefficient (Wildman–Crippen LogP) is -6.18. The number of nitrogens with one attached hydrogen (secondary N) is 1. The third-order valence-corrected chi connectivity index (χ3v) is 2.83. The zero-order chi connectivity index (χ0) is 10.5.